The third-order valence-corrected chi connectivity index (χ3v) is 5.89. The molecule has 0 spiro atoms. The zero-order chi connectivity index (χ0) is 16.3. The van der Waals surface area contributed by atoms with Crippen LogP contribution in [0, 0.1) is 0 Å². The molecule has 0 atom stereocenters. The number of halogens is 1. The monoisotopic (exact) mass is 466 g/mol. The van der Waals surface area contributed by atoms with E-state index in [9.17, 15) is 8.42 Å². The average Bonchev–Trinajstić information content (AvgIpc) is 3.00. The maximum Gasteiger partial charge on any atom is 0.237 e. The number of para-hydroxylation sites is 1. The second-order valence-electron chi connectivity index (χ2n) is 5.61. The highest BCUT2D eigenvalue weighted by molar-refractivity contribution is 14.0. The number of hydrogen-bond donors (Lipinski definition) is 1. The highest BCUT2D eigenvalue weighted by Gasteiger charge is 2.28. The van der Waals surface area contributed by atoms with Crippen molar-refractivity contribution >= 4 is 45.6 Å². The smallest absolute Gasteiger partial charge is 0.237 e. The first-order valence-corrected chi connectivity index (χ1v) is 9.40. The molecule has 1 saturated heterocycles. The molecule has 134 valence electrons. The quantitative estimate of drug-likeness (QED) is 0.400. The molecule has 0 unspecified atom stereocenters. The largest absolute Gasteiger partial charge is 0.378 e. The molecule has 3 rings (SSSR count). The Balaban J connectivity index is 0.00000208. The fourth-order valence-corrected chi connectivity index (χ4v) is 4.26. The minimum atomic E-state index is -3.37. The summed E-state index contributed by atoms with van der Waals surface area (Å²) in [6.45, 7) is 3.32. The number of nitrogens with two attached hydrogens (primary N) is 1. The van der Waals surface area contributed by atoms with Crippen LogP contribution in [0.15, 0.2) is 29.3 Å². The van der Waals surface area contributed by atoms with Gasteiger partial charge in [0.2, 0.25) is 10.0 Å². The lowest BCUT2D eigenvalue weighted by Crippen LogP contribution is -2.45. The number of hydrogen-bond acceptors (Lipinski definition) is 4. The number of benzene rings is 1. The molecule has 9 heteroatoms. The number of morpholine rings is 1. The van der Waals surface area contributed by atoms with Gasteiger partial charge in [-0.1, -0.05) is 18.2 Å². The van der Waals surface area contributed by atoms with Gasteiger partial charge < -0.3 is 15.4 Å². The van der Waals surface area contributed by atoms with Gasteiger partial charge in [0.1, 0.15) is 0 Å². The molecule has 24 heavy (non-hydrogen) atoms. The molecular weight excluding hydrogens is 443 g/mol. The number of fused-ring (bicyclic) bond motifs is 1. The molecule has 0 aliphatic carbocycles. The van der Waals surface area contributed by atoms with Gasteiger partial charge in [0.05, 0.1) is 31.2 Å². The highest BCUT2D eigenvalue weighted by atomic mass is 127. The Hall–Kier alpha value is -1.07. The van der Waals surface area contributed by atoms with Crippen molar-refractivity contribution in [3.8, 4) is 0 Å². The van der Waals surface area contributed by atoms with Crippen LogP contribution in [0.1, 0.15) is 5.56 Å². The predicted octanol–water partition coefficient (Wildman–Crippen LogP) is 0.644. The molecule has 7 nitrogen and oxygen atoms in total. The van der Waals surface area contributed by atoms with Gasteiger partial charge >= 0.3 is 0 Å². The Labute approximate surface area is 159 Å². The zero-order valence-electron chi connectivity index (χ0n) is 13.4. The molecule has 2 aliphatic heterocycles. The molecule has 2 heterocycles. The number of sulfonamides is 1. The Morgan fingerprint density at radius 3 is 2.67 bits per heavy atom. The summed E-state index contributed by atoms with van der Waals surface area (Å²) in [4.78, 5) is 6.14. The van der Waals surface area contributed by atoms with E-state index in [0.29, 0.717) is 38.8 Å². The normalized spacial score (nSPS) is 18.2. The van der Waals surface area contributed by atoms with E-state index in [2.05, 4.69) is 4.99 Å². The average molecular weight is 466 g/mol. The van der Waals surface area contributed by atoms with Crippen molar-refractivity contribution in [2.75, 3.05) is 49.5 Å². The molecular formula is C15H23IN4O3S. The van der Waals surface area contributed by atoms with E-state index in [0.717, 1.165) is 17.7 Å². The standard InChI is InChI=1S/C15H22N4O3S.HI/c16-15(18-8-10-22-11-9-18)17-6-12-23(20,21)19-7-5-13-3-1-2-4-14(13)19;/h1-4H,5-12H2,(H2,16,17);1H. The van der Waals surface area contributed by atoms with Crippen molar-refractivity contribution in [3.63, 3.8) is 0 Å². The van der Waals surface area contributed by atoms with E-state index in [1.54, 1.807) is 0 Å². The molecule has 0 aromatic heterocycles. The van der Waals surface area contributed by atoms with Crippen LogP contribution in [0.25, 0.3) is 0 Å². The highest BCUT2D eigenvalue weighted by Crippen LogP contribution is 2.29. The van der Waals surface area contributed by atoms with Gasteiger partial charge in [-0.05, 0) is 18.1 Å². The van der Waals surface area contributed by atoms with Crippen LogP contribution in [0.3, 0.4) is 0 Å². The number of aliphatic imine (C=N–C) groups is 1. The van der Waals surface area contributed by atoms with Crippen molar-refractivity contribution in [3.05, 3.63) is 29.8 Å². The van der Waals surface area contributed by atoms with Gasteiger partial charge in [0.15, 0.2) is 5.96 Å². The summed E-state index contributed by atoms with van der Waals surface area (Å²) in [6, 6.07) is 7.62. The summed E-state index contributed by atoms with van der Waals surface area (Å²) in [6.07, 6.45) is 0.759. The van der Waals surface area contributed by atoms with Crippen LogP contribution in [-0.4, -0.2) is 64.4 Å². The lowest BCUT2D eigenvalue weighted by molar-refractivity contribution is 0.0674. The van der Waals surface area contributed by atoms with Crippen LogP contribution < -0.4 is 10.0 Å². The fraction of sp³-hybridized carbons (Fsp3) is 0.533. The van der Waals surface area contributed by atoms with E-state index in [-0.39, 0.29) is 36.3 Å². The van der Waals surface area contributed by atoms with E-state index in [1.807, 2.05) is 29.2 Å². The first kappa shape index (κ1) is 19.3. The molecule has 1 aromatic rings. The van der Waals surface area contributed by atoms with Gasteiger partial charge in [-0.15, -0.1) is 24.0 Å². The van der Waals surface area contributed by atoms with Crippen LogP contribution >= 0.6 is 24.0 Å². The summed E-state index contributed by atoms with van der Waals surface area (Å²) < 4.78 is 31.8. The summed E-state index contributed by atoms with van der Waals surface area (Å²) in [5.41, 5.74) is 7.79. The van der Waals surface area contributed by atoms with E-state index < -0.39 is 10.0 Å². The molecule has 2 aliphatic rings. The Morgan fingerprint density at radius 1 is 1.21 bits per heavy atom. The van der Waals surface area contributed by atoms with Crippen molar-refractivity contribution < 1.29 is 13.2 Å². The maximum absolute atomic E-state index is 12.5. The lowest BCUT2D eigenvalue weighted by atomic mass is 10.2. The van der Waals surface area contributed by atoms with Gasteiger partial charge in [0, 0.05) is 19.6 Å². The van der Waals surface area contributed by atoms with Crippen LogP contribution in [0.2, 0.25) is 0 Å². The van der Waals surface area contributed by atoms with Gasteiger partial charge in [0.25, 0.3) is 0 Å². The van der Waals surface area contributed by atoms with Crippen molar-refractivity contribution in [1.29, 1.82) is 0 Å². The number of ether oxygens (including phenoxy) is 1. The van der Waals surface area contributed by atoms with Crippen molar-refractivity contribution in [2.24, 2.45) is 10.7 Å². The van der Waals surface area contributed by atoms with Gasteiger partial charge in [-0.3, -0.25) is 9.30 Å². The minimum Gasteiger partial charge on any atom is -0.378 e. The van der Waals surface area contributed by atoms with Gasteiger partial charge in [-0.25, -0.2) is 8.42 Å². The van der Waals surface area contributed by atoms with Crippen molar-refractivity contribution in [2.45, 2.75) is 6.42 Å². The van der Waals surface area contributed by atoms with Crippen LogP contribution in [-0.2, 0) is 21.2 Å². The SMILES string of the molecule is I.NC(=NCCS(=O)(=O)N1CCc2ccccc21)N1CCOCC1. The first-order valence-electron chi connectivity index (χ1n) is 7.79. The molecule has 1 aromatic carbocycles. The van der Waals surface area contributed by atoms with E-state index >= 15 is 0 Å². The van der Waals surface area contributed by atoms with E-state index in [4.69, 9.17) is 10.5 Å². The molecule has 0 radical (unpaired) electrons. The summed E-state index contributed by atoms with van der Waals surface area (Å²) in [5.74, 6) is 0.358. The van der Waals surface area contributed by atoms with Crippen LogP contribution in [0.5, 0.6) is 0 Å². The number of guanidine groups is 1. The van der Waals surface area contributed by atoms with Crippen LogP contribution in [0.4, 0.5) is 5.69 Å². The van der Waals surface area contributed by atoms with Gasteiger partial charge in [-0.2, -0.15) is 0 Å². The molecule has 0 bridgehead atoms. The number of rotatable bonds is 4. The molecule has 0 saturated carbocycles. The fourth-order valence-electron chi connectivity index (χ4n) is 2.88. The molecule has 2 N–H and O–H groups in total. The maximum atomic E-state index is 12.5. The number of anilines is 1. The summed E-state index contributed by atoms with van der Waals surface area (Å²) in [5, 5.41) is 0. The topological polar surface area (TPSA) is 88.2 Å². The second kappa shape index (κ2) is 8.34. The Bertz CT molecular complexity index is 690. The first-order chi connectivity index (χ1) is 11.1. The minimum absolute atomic E-state index is 0. The second-order valence-corrected chi connectivity index (χ2v) is 7.62. The van der Waals surface area contributed by atoms with Crippen molar-refractivity contribution in [1.82, 2.24) is 4.90 Å². The lowest BCUT2D eigenvalue weighted by Gasteiger charge is -2.27. The summed E-state index contributed by atoms with van der Waals surface area (Å²) in [7, 11) is -3.37. The van der Waals surface area contributed by atoms with E-state index in [1.165, 1.54) is 4.31 Å². The third kappa shape index (κ3) is 4.31. The third-order valence-electron chi connectivity index (χ3n) is 4.14. The number of nitrogens with zero attached hydrogens (tertiary/aromatic N) is 3. The zero-order valence-corrected chi connectivity index (χ0v) is 16.6. The molecule has 1 fully saturated rings. The Morgan fingerprint density at radius 2 is 1.92 bits per heavy atom. The summed E-state index contributed by atoms with van der Waals surface area (Å²) >= 11 is 0. The molecule has 0 amide bonds. The Kier molecular flexibility index (Phi) is 6.70. The predicted molar refractivity (Wildman–Crippen MR) is 106 cm³/mol.